The second kappa shape index (κ2) is 11.9. The van der Waals surface area contributed by atoms with Crippen molar-refractivity contribution in [1.29, 1.82) is 0 Å². The number of carboxylic acids is 1. The zero-order valence-electron chi connectivity index (χ0n) is 23.2. The molecule has 0 aliphatic heterocycles. The Morgan fingerprint density at radius 3 is 2.59 bits per heavy atom. The van der Waals surface area contributed by atoms with Gasteiger partial charge >= 0.3 is 5.97 Å². The van der Waals surface area contributed by atoms with Crippen LogP contribution in [0.4, 0.5) is 0 Å². The van der Waals surface area contributed by atoms with Crippen molar-refractivity contribution in [3.8, 4) is 5.75 Å². The zero-order chi connectivity index (χ0) is 26.6. The Labute approximate surface area is 223 Å². The van der Waals surface area contributed by atoms with Crippen LogP contribution in [0.25, 0.3) is 0 Å². The number of aliphatic hydroxyl groups excluding tert-OH is 1. The second-order valence-corrected chi connectivity index (χ2v) is 12.8. The molecule has 0 radical (unpaired) electrons. The number of hydrogen-bond acceptors (Lipinski definition) is 4. The van der Waals surface area contributed by atoms with Crippen LogP contribution < -0.4 is 4.74 Å². The van der Waals surface area contributed by atoms with Crippen LogP contribution in [0, 0.1) is 34.5 Å². The number of carbonyl (C=O) groups excluding carboxylic acids is 1. The number of carbonyl (C=O) groups is 2. The number of aryl methyl sites for hydroxylation is 1. The van der Waals surface area contributed by atoms with Crippen molar-refractivity contribution in [3.63, 3.8) is 0 Å². The number of ketones is 1. The largest absolute Gasteiger partial charge is 0.494 e. The molecule has 4 fully saturated rings. The van der Waals surface area contributed by atoms with Gasteiger partial charge < -0.3 is 14.9 Å². The molecule has 4 saturated carbocycles. The SMILES string of the molecule is CC12CCC3C(CCC4CC(=O)CCC43C)C1CCC2O.CCCc1cccc(OCCCC(=O)O)c1. The molecule has 0 spiro atoms. The summed E-state index contributed by atoms with van der Waals surface area (Å²) in [4.78, 5) is 22.2. The molecule has 0 aromatic heterocycles. The van der Waals surface area contributed by atoms with E-state index in [2.05, 4.69) is 26.8 Å². The molecule has 4 aliphatic carbocycles. The number of carboxylic acid groups (broad SMARTS) is 1. The Kier molecular flexibility index (Phi) is 9.04. The minimum Gasteiger partial charge on any atom is -0.494 e. The predicted molar refractivity (Wildman–Crippen MR) is 146 cm³/mol. The summed E-state index contributed by atoms with van der Waals surface area (Å²) < 4.78 is 5.48. The lowest BCUT2D eigenvalue weighted by atomic mass is 9.45. The normalized spacial score (nSPS) is 36.4. The van der Waals surface area contributed by atoms with Crippen LogP contribution in [0.5, 0.6) is 5.75 Å². The smallest absolute Gasteiger partial charge is 0.303 e. The molecule has 7 atom stereocenters. The summed E-state index contributed by atoms with van der Waals surface area (Å²) in [5.41, 5.74) is 1.86. The van der Waals surface area contributed by atoms with Crippen molar-refractivity contribution in [2.75, 3.05) is 6.61 Å². The standard InChI is InChI=1S/C19H30O2.C13H18O3/c1-18-9-7-13(20)11-12(18)3-4-14-15-5-6-17(21)19(15,2)10-8-16(14)18;1-2-5-11-6-3-7-12(10-11)16-9-4-8-13(14)15/h12,14-17,21H,3-11H2,1-2H3;3,6-7,10H,2,4-5,8-9H2,1H3,(H,14,15). The first kappa shape index (κ1) is 28.1. The second-order valence-electron chi connectivity index (χ2n) is 12.8. The number of aliphatic hydroxyl groups is 1. The number of ether oxygens (including phenoxy) is 1. The topological polar surface area (TPSA) is 83.8 Å². The average Bonchev–Trinajstić information content (AvgIpc) is 3.17. The van der Waals surface area contributed by atoms with Crippen molar-refractivity contribution < 1.29 is 24.5 Å². The highest BCUT2D eigenvalue weighted by Gasteiger charge is 2.59. The Balaban J connectivity index is 0.000000181. The molecule has 37 heavy (non-hydrogen) atoms. The summed E-state index contributed by atoms with van der Waals surface area (Å²) in [6, 6.07) is 7.97. The molecule has 5 nitrogen and oxygen atoms in total. The Morgan fingerprint density at radius 2 is 1.84 bits per heavy atom. The van der Waals surface area contributed by atoms with E-state index >= 15 is 0 Å². The number of benzene rings is 1. The van der Waals surface area contributed by atoms with E-state index in [4.69, 9.17) is 9.84 Å². The summed E-state index contributed by atoms with van der Waals surface area (Å²) in [5.74, 6) is 3.58. The van der Waals surface area contributed by atoms with Gasteiger partial charge in [0, 0.05) is 19.3 Å². The van der Waals surface area contributed by atoms with Crippen molar-refractivity contribution >= 4 is 11.8 Å². The van der Waals surface area contributed by atoms with Crippen molar-refractivity contribution in [3.05, 3.63) is 29.8 Å². The number of hydrogen-bond donors (Lipinski definition) is 2. The first-order chi connectivity index (χ1) is 17.7. The molecule has 206 valence electrons. The number of rotatable bonds is 7. The van der Waals surface area contributed by atoms with Gasteiger partial charge in [0.25, 0.3) is 0 Å². The van der Waals surface area contributed by atoms with Crippen LogP contribution in [0.1, 0.15) is 103 Å². The fourth-order valence-corrected chi connectivity index (χ4v) is 8.51. The molecule has 7 unspecified atom stereocenters. The molecule has 0 bridgehead atoms. The lowest BCUT2D eigenvalue weighted by molar-refractivity contribution is -0.142. The van der Waals surface area contributed by atoms with Gasteiger partial charge in [0.1, 0.15) is 11.5 Å². The molecule has 0 saturated heterocycles. The van der Waals surface area contributed by atoms with Gasteiger partial charge in [0.2, 0.25) is 0 Å². The maximum atomic E-state index is 11.9. The third kappa shape index (κ3) is 6.08. The van der Waals surface area contributed by atoms with Gasteiger partial charge in [-0.25, -0.2) is 0 Å². The van der Waals surface area contributed by atoms with E-state index in [9.17, 15) is 14.7 Å². The Hall–Kier alpha value is -1.88. The summed E-state index contributed by atoms with van der Waals surface area (Å²) in [5, 5.41) is 18.9. The third-order valence-corrected chi connectivity index (χ3v) is 10.7. The maximum Gasteiger partial charge on any atom is 0.303 e. The Morgan fingerprint density at radius 1 is 1.05 bits per heavy atom. The molecular weight excluding hydrogens is 464 g/mol. The van der Waals surface area contributed by atoms with Crippen molar-refractivity contribution in [1.82, 2.24) is 0 Å². The van der Waals surface area contributed by atoms with Gasteiger partial charge in [-0.1, -0.05) is 39.3 Å². The summed E-state index contributed by atoms with van der Waals surface area (Å²) in [7, 11) is 0. The maximum absolute atomic E-state index is 11.9. The van der Waals surface area contributed by atoms with E-state index in [1.807, 2.05) is 18.2 Å². The summed E-state index contributed by atoms with van der Waals surface area (Å²) in [6.07, 6.45) is 12.9. The molecular formula is C32H48O5. The summed E-state index contributed by atoms with van der Waals surface area (Å²) in [6.45, 7) is 7.45. The van der Waals surface area contributed by atoms with Crippen LogP contribution in [0.2, 0.25) is 0 Å². The molecule has 1 aromatic rings. The van der Waals surface area contributed by atoms with Crippen LogP contribution in [0.3, 0.4) is 0 Å². The highest BCUT2D eigenvalue weighted by Crippen LogP contribution is 2.65. The predicted octanol–water partition coefficient (Wildman–Crippen LogP) is 6.84. The fourth-order valence-electron chi connectivity index (χ4n) is 8.51. The van der Waals surface area contributed by atoms with E-state index in [1.54, 1.807) is 0 Å². The molecule has 5 heteroatoms. The molecule has 4 aliphatic rings. The quantitative estimate of drug-likeness (QED) is 0.391. The van der Waals surface area contributed by atoms with E-state index in [-0.39, 0.29) is 17.9 Å². The highest BCUT2D eigenvalue weighted by molar-refractivity contribution is 5.79. The van der Waals surface area contributed by atoms with Gasteiger partial charge in [0.15, 0.2) is 0 Å². The Bertz CT molecular complexity index is 943. The van der Waals surface area contributed by atoms with Crippen molar-refractivity contribution in [2.24, 2.45) is 34.5 Å². The minimum absolute atomic E-state index is 0.0677. The lowest BCUT2D eigenvalue weighted by Crippen LogP contribution is -2.54. The zero-order valence-corrected chi connectivity index (χ0v) is 23.2. The molecule has 0 heterocycles. The molecule has 0 amide bonds. The molecule has 5 rings (SSSR count). The highest BCUT2D eigenvalue weighted by atomic mass is 16.5. The van der Waals surface area contributed by atoms with Gasteiger partial charge in [0.05, 0.1) is 12.7 Å². The number of fused-ring (bicyclic) bond motifs is 5. The van der Waals surface area contributed by atoms with E-state index in [0.717, 1.165) is 62.0 Å². The fraction of sp³-hybridized carbons (Fsp3) is 0.750. The van der Waals surface area contributed by atoms with E-state index in [0.29, 0.717) is 30.1 Å². The van der Waals surface area contributed by atoms with Crippen LogP contribution in [-0.4, -0.2) is 34.7 Å². The number of aliphatic carboxylic acids is 1. The third-order valence-electron chi connectivity index (χ3n) is 10.7. The van der Waals surface area contributed by atoms with Gasteiger partial charge in [-0.05, 0) is 110 Å². The van der Waals surface area contributed by atoms with E-state index < -0.39 is 5.97 Å². The van der Waals surface area contributed by atoms with Crippen molar-refractivity contribution in [2.45, 2.75) is 110 Å². The lowest BCUT2D eigenvalue weighted by Gasteiger charge is -2.60. The monoisotopic (exact) mass is 512 g/mol. The molecule has 2 N–H and O–H groups in total. The van der Waals surface area contributed by atoms with E-state index in [1.165, 1.54) is 37.7 Å². The first-order valence-electron chi connectivity index (χ1n) is 14.8. The van der Waals surface area contributed by atoms with Crippen LogP contribution in [0.15, 0.2) is 24.3 Å². The summed E-state index contributed by atoms with van der Waals surface area (Å²) >= 11 is 0. The minimum atomic E-state index is -0.775. The number of Topliss-reactive ketones (excluding diaryl/α,β-unsaturated/α-hetero) is 1. The van der Waals surface area contributed by atoms with Gasteiger partial charge in [-0.15, -0.1) is 0 Å². The van der Waals surface area contributed by atoms with Crippen LogP contribution >= 0.6 is 0 Å². The van der Waals surface area contributed by atoms with Gasteiger partial charge in [-0.2, -0.15) is 0 Å². The average molecular weight is 513 g/mol. The first-order valence-corrected chi connectivity index (χ1v) is 14.8. The van der Waals surface area contributed by atoms with Gasteiger partial charge in [-0.3, -0.25) is 9.59 Å². The van der Waals surface area contributed by atoms with Crippen LogP contribution in [-0.2, 0) is 16.0 Å². The molecule has 1 aromatic carbocycles.